The standard InChI is InChI=1S/C20H34BrN5.HI/c1-5-22-20(24(4)16-18-9-7-8-10-19(18)21)23-15-17(3)26-13-11-25(6-2)12-14-26;/h7-10,17H,5-6,11-16H2,1-4H3,(H,22,23);1H. The van der Waals surface area contributed by atoms with Gasteiger partial charge in [0, 0.05) is 56.8 Å². The van der Waals surface area contributed by atoms with E-state index >= 15 is 0 Å². The lowest BCUT2D eigenvalue weighted by Gasteiger charge is -2.37. The Kier molecular flexibility index (Phi) is 11.8. The molecule has 1 unspecified atom stereocenters. The van der Waals surface area contributed by atoms with Gasteiger partial charge in [-0.3, -0.25) is 9.89 Å². The lowest BCUT2D eigenvalue weighted by molar-refractivity contribution is 0.109. The van der Waals surface area contributed by atoms with Crippen LogP contribution in [-0.4, -0.2) is 79.6 Å². The summed E-state index contributed by atoms with van der Waals surface area (Å²) in [6.07, 6.45) is 0. The van der Waals surface area contributed by atoms with Crippen LogP contribution in [0.3, 0.4) is 0 Å². The van der Waals surface area contributed by atoms with Gasteiger partial charge in [-0.1, -0.05) is 41.1 Å². The van der Waals surface area contributed by atoms with Crippen LogP contribution < -0.4 is 5.32 Å². The molecule has 0 amide bonds. The molecule has 1 aromatic rings. The summed E-state index contributed by atoms with van der Waals surface area (Å²) in [5, 5.41) is 3.43. The largest absolute Gasteiger partial charge is 0.357 e. The Bertz CT molecular complexity index is 575. The third-order valence-electron chi connectivity index (χ3n) is 5.04. The zero-order chi connectivity index (χ0) is 18.9. The molecule has 0 bridgehead atoms. The van der Waals surface area contributed by atoms with E-state index in [1.807, 2.05) is 6.07 Å². The molecule has 1 aliphatic rings. The van der Waals surface area contributed by atoms with E-state index < -0.39 is 0 Å². The number of benzene rings is 1. The number of halogens is 2. The number of rotatable bonds is 7. The topological polar surface area (TPSA) is 34.1 Å². The van der Waals surface area contributed by atoms with E-state index in [1.165, 1.54) is 18.7 Å². The average Bonchev–Trinajstić information content (AvgIpc) is 2.66. The maximum atomic E-state index is 4.91. The van der Waals surface area contributed by atoms with Gasteiger partial charge in [0.15, 0.2) is 5.96 Å². The van der Waals surface area contributed by atoms with Crippen LogP contribution in [0, 0.1) is 0 Å². The molecule has 7 heteroatoms. The normalized spacial score (nSPS) is 17.3. The predicted molar refractivity (Wildman–Crippen MR) is 130 cm³/mol. The fourth-order valence-electron chi connectivity index (χ4n) is 3.28. The minimum Gasteiger partial charge on any atom is -0.357 e. The first kappa shape index (κ1) is 24.7. The molecule has 1 aromatic carbocycles. The molecule has 1 saturated heterocycles. The van der Waals surface area contributed by atoms with Crippen molar-refractivity contribution < 1.29 is 0 Å². The van der Waals surface area contributed by atoms with Crippen molar-refractivity contribution in [2.45, 2.75) is 33.4 Å². The number of nitrogens with one attached hydrogen (secondary N) is 1. The molecule has 1 heterocycles. The Morgan fingerprint density at radius 1 is 1.22 bits per heavy atom. The van der Waals surface area contributed by atoms with E-state index in [-0.39, 0.29) is 24.0 Å². The first-order valence-corrected chi connectivity index (χ1v) is 10.5. The van der Waals surface area contributed by atoms with Gasteiger partial charge in [0.25, 0.3) is 0 Å². The van der Waals surface area contributed by atoms with E-state index in [0.29, 0.717) is 6.04 Å². The zero-order valence-electron chi connectivity index (χ0n) is 17.1. The molecule has 0 aliphatic carbocycles. The maximum Gasteiger partial charge on any atom is 0.194 e. The fraction of sp³-hybridized carbons (Fsp3) is 0.650. The monoisotopic (exact) mass is 551 g/mol. The van der Waals surface area contributed by atoms with E-state index in [2.05, 4.69) is 82.0 Å². The van der Waals surface area contributed by atoms with Crippen molar-refractivity contribution in [3.05, 3.63) is 34.3 Å². The lowest BCUT2D eigenvalue weighted by Crippen LogP contribution is -2.50. The second-order valence-corrected chi connectivity index (χ2v) is 7.82. The van der Waals surface area contributed by atoms with Gasteiger partial charge in [-0.05, 0) is 32.0 Å². The number of hydrogen-bond acceptors (Lipinski definition) is 3. The summed E-state index contributed by atoms with van der Waals surface area (Å²) < 4.78 is 1.14. The van der Waals surface area contributed by atoms with E-state index in [4.69, 9.17) is 4.99 Å². The molecule has 0 saturated carbocycles. The molecule has 0 spiro atoms. The average molecular weight is 552 g/mol. The van der Waals surface area contributed by atoms with E-state index in [1.54, 1.807) is 0 Å². The minimum absolute atomic E-state index is 0. The molecule has 5 nitrogen and oxygen atoms in total. The van der Waals surface area contributed by atoms with Crippen LogP contribution in [0.15, 0.2) is 33.7 Å². The van der Waals surface area contributed by atoms with Gasteiger partial charge >= 0.3 is 0 Å². The third-order valence-corrected chi connectivity index (χ3v) is 5.82. The molecule has 0 radical (unpaired) electrons. The first-order chi connectivity index (χ1) is 12.5. The van der Waals surface area contributed by atoms with Crippen LogP contribution in [0.1, 0.15) is 26.3 Å². The molecule has 27 heavy (non-hydrogen) atoms. The van der Waals surface area contributed by atoms with Crippen molar-refractivity contribution in [1.29, 1.82) is 0 Å². The van der Waals surface area contributed by atoms with Crippen LogP contribution in [0.5, 0.6) is 0 Å². The maximum absolute atomic E-state index is 4.91. The summed E-state index contributed by atoms with van der Waals surface area (Å²) in [6, 6.07) is 8.84. The van der Waals surface area contributed by atoms with Crippen molar-refractivity contribution in [2.24, 2.45) is 4.99 Å². The van der Waals surface area contributed by atoms with Gasteiger partial charge in [-0.25, -0.2) is 0 Å². The van der Waals surface area contributed by atoms with Crippen molar-refractivity contribution in [1.82, 2.24) is 20.0 Å². The number of likely N-dealkylation sites (N-methyl/N-ethyl adjacent to an activating group) is 1. The minimum atomic E-state index is 0. The van der Waals surface area contributed by atoms with Crippen LogP contribution >= 0.6 is 39.9 Å². The highest BCUT2D eigenvalue weighted by atomic mass is 127. The second kappa shape index (κ2) is 13.0. The quantitative estimate of drug-likeness (QED) is 0.319. The molecule has 1 aliphatic heterocycles. The summed E-state index contributed by atoms with van der Waals surface area (Å²) in [7, 11) is 2.10. The number of guanidine groups is 1. The molecule has 1 atom stereocenters. The van der Waals surface area contributed by atoms with Crippen molar-refractivity contribution in [3.63, 3.8) is 0 Å². The van der Waals surface area contributed by atoms with Crippen LogP contribution in [0.2, 0.25) is 0 Å². The summed E-state index contributed by atoms with van der Waals surface area (Å²) in [5.41, 5.74) is 1.27. The second-order valence-electron chi connectivity index (χ2n) is 6.96. The highest BCUT2D eigenvalue weighted by Gasteiger charge is 2.20. The first-order valence-electron chi connectivity index (χ1n) is 9.74. The number of aliphatic imine (C=N–C) groups is 1. The van der Waals surface area contributed by atoms with E-state index in [9.17, 15) is 0 Å². The highest BCUT2D eigenvalue weighted by molar-refractivity contribution is 14.0. The van der Waals surface area contributed by atoms with E-state index in [0.717, 1.165) is 49.7 Å². The molecular formula is C20H35BrIN5. The van der Waals surface area contributed by atoms with Crippen molar-refractivity contribution >= 4 is 45.9 Å². The number of nitrogens with zero attached hydrogens (tertiary/aromatic N) is 4. The molecule has 1 fully saturated rings. The summed E-state index contributed by atoms with van der Waals surface area (Å²) in [6.45, 7) is 15.0. The van der Waals surface area contributed by atoms with Crippen LogP contribution in [0.25, 0.3) is 0 Å². The molecular weight excluding hydrogens is 517 g/mol. The SMILES string of the molecule is CCNC(=NCC(C)N1CCN(CC)CC1)N(C)Cc1ccccc1Br.I. The summed E-state index contributed by atoms with van der Waals surface area (Å²) in [4.78, 5) is 12.2. The Morgan fingerprint density at radius 2 is 1.89 bits per heavy atom. The number of hydrogen-bond donors (Lipinski definition) is 1. The van der Waals surface area contributed by atoms with Gasteiger partial charge in [-0.15, -0.1) is 24.0 Å². The van der Waals surface area contributed by atoms with Crippen LogP contribution in [-0.2, 0) is 6.54 Å². The smallest absolute Gasteiger partial charge is 0.194 e. The Balaban J connectivity index is 0.00000364. The zero-order valence-corrected chi connectivity index (χ0v) is 21.0. The lowest BCUT2D eigenvalue weighted by atomic mass is 10.2. The van der Waals surface area contributed by atoms with Gasteiger partial charge in [-0.2, -0.15) is 0 Å². The van der Waals surface area contributed by atoms with Crippen LogP contribution in [0.4, 0.5) is 0 Å². The Labute approximate surface area is 190 Å². The van der Waals surface area contributed by atoms with Gasteiger partial charge in [0.05, 0.1) is 6.54 Å². The van der Waals surface area contributed by atoms with Gasteiger partial charge < -0.3 is 15.1 Å². The molecule has 154 valence electrons. The van der Waals surface area contributed by atoms with Crippen molar-refractivity contribution in [2.75, 3.05) is 52.9 Å². The molecule has 2 rings (SSSR count). The Morgan fingerprint density at radius 3 is 2.48 bits per heavy atom. The summed E-state index contributed by atoms with van der Waals surface area (Å²) >= 11 is 3.64. The molecule has 0 aromatic heterocycles. The third kappa shape index (κ3) is 7.87. The Hall–Kier alpha value is -0.380. The summed E-state index contributed by atoms with van der Waals surface area (Å²) in [5.74, 6) is 0.974. The van der Waals surface area contributed by atoms with Gasteiger partial charge in [0.2, 0.25) is 0 Å². The van der Waals surface area contributed by atoms with Gasteiger partial charge in [0.1, 0.15) is 0 Å². The number of piperazine rings is 1. The molecule has 1 N–H and O–H groups in total. The fourth-order valence-corrected chi connectivity index (χ4v) is 3.69. The predicted octanol–water partition coefficient (Wildman–Crippen LogP) is 3.49. The highest BCUT2D eigenvalue weighted by Crippen LogP contribution is 2.17. The van der Waals surface area contributed by atoms with Crippen molar-refractivity contribution in [3.8, 4) is 0 Å².